The third-order valence-corrected chi connectivity index (χ3v) is 2.63. The minimum atomic E-state index is 0.144. The second-order valence-corrected chi connectivity index (χ2v) is 4.27. The van der Waals surface area contributed by atoms with E-state index in [1.54, 1.807) is 0 Å². The number of nitrogens with one attached hydrogen (secondary N) is 1. The second-order valence-electron chi connectivity index (χ2n) is 4.27. The maximum atomic E-state index is 5.95. The summed E-state index contributed by atoms with van der Waals surface area (Å²) in [7, 11) is 1.93. The van der Waals surface area contributed by atoms with Crippen LogP contribution in [0, 0.1) is 6.92 Å². The predicted octanol–water partition coefficient (Wildman–Crippen LogP) is 2.53. The Labute approximate surface area is 102 Å². The first-order valence-electron chi connectivity index (χ1n) is 5.88. The molecule has 90 valence electrons. The van der Waals surface area contributed by atoms with E-state index in [0.29, 0.717) is 0 Å². The lowest BCUT2D eigenvalue weighted by molar-refractivity contribution is 0.223. The van der Waals surface area contributed by atoms with Gasteiger partial charge < -0.3 is 10.1 Å². The first-order chi connectivity index (χ1) is 8.20. The molecule has 17 heavy (non-hydrogen) atoms. The average molecular weight is 230 g/mol. The molecule has 0 aliphatic heterocycles. The summed E-state index contributed by atoms with van der Waals surface area (Å²) < 4.78 is 5.95. The number of aryl methyl sites for hydroxylation is 1. The molecule has 1 atom stereocenters. The van der Waals surface area contributed by atoms with Crippen LogP contribution in [0.1, 0.15) is 12.6 Å². The summed E-state index contributed by atoms with van der Waals surface area (Å²) in [5.41, 5.74) is 1.97. The van der Waals surface area contributed by atoms with Gasteiger partial charge in [-0.2, -0.15) is 0 Å². The lowest BCUT2D eigenvalue weighted by Gasteiger charge is -2.16. The number of fused-ring (bicyclic) bond motifs is 1. The first kappa shape index (κ1) is 11.9. The molecular formula is C14H18N2O. The molecule has 0 bridgehead atoms. The predicted molar refractivity (Wildman–Crippen MR) is 70.5 cm³/mol. The van der Waals surface area contributed by atoms with Crippen molar-refractivity contribution in [2.75, 3.05) is 13.6 Å². The van der Waals surface area contributed by atoms with Crippen molar-refractivity contribution in [2.24, 2.45) is 0 Å². The maximum absolute atomic E-state index is 5.95. The summed E-state index contributed by atoms with van der Waals surface area (Å²) in [6.07, 6.45) is 0.144. The van der Waals surface area contributed by atoms with E-state index in [0.717, 1.165) is 28.9 Å². The standard InChI is InChI=1S/C14H18N2O/c1-10-8-14(17-11(2)9-15-3)12-6-4-5-7-13(12)16-10/h4-8,11,15H,9H2,1-3H3. The number of aromatic nitrogens is 1. The zero-order valence-corrected chi connectivity index (χ0v) is 10.5. The fourth-order valence-corrected chi connectivity index (χ4v) is 1.91. The highest BCUT2D eigenvalue weighted by Crippen LogP contribution is 2.25. The second kappa shape index (κ2) is 5.15. The SMILES string of the molecule is CNCC(C)Oc1cc(C)nc2ccccc12. The van der Waals surface area contributed by atoms with Crippen LogP contribution in [-0.2, 0) is 0 Å². The Morgan fingerprint density at radius 3 is 2.88 bits per heavy atom. The topological polar surface area (TPSA) is 34.1 Å². The minimum Gasteiger partial charge on any atom is -0.489 e. The number of pyridine rings is 1. The zero-order valence-electron chi connectivity index (χ0n) is 10.5. The number of para-hydroxylation sites is 1. The van der Waals surface area contributed by atoms with E-state index in [-0.39, 0.29) is 6.10 Å². The summed E-state index contributed by atoms with van der Waals surface area (Å²) in [6.45, 7) is 4.87. The van der Waals surface area contributed by atoms with Gasteiger partial charge in [-0.1, -0.05) is 12.1 Å². The summed E-state index contributed by atoms with van der Waals surface area (Å²) in [5.74, 6) is 0.913. The fourth-order valence-electron chi connectivity index (χ4n) is 1.91. The molecule has 1 heterocycles. The molecule has 0 aliphatic carbocycles. The van der Waals surface area contributed by atoms with Crippen molar-refractivity contribution in [3.05, 3.63) is 36.0 Å². The molecule has 0 saturated heterocycles. The van der Waals surface area contributed by atoms with Crippen LogP contribution < -0.4 is 10.1 Å². The van der Waals surface area contributed by atoms with Crippen molar-refractivity contribution in [2.45, 2.75) is 20.0 Å². The third-order valence-electron chi connectivity index (χ3n) is 2.63. The molecule has 2 aromatic rings. The van der Waals surface area contributed by atoms with Gasteiger partial charge in [-0.15, -0.1) is 0 Å². The Morgan fingerprint density at radius 1 is 1.35 bits per heavy atom. The summed E-state index contributed by atoms with van der Waals surface area (Å²) >= 11 is 0. The van der Waals surface area contributed by atoms with E-state index in [9.17, 15) is 0 Å². The van der Waals surface area contributed by atoms with E-state index in [1.807, 2.05) is 44.3 Å². The van der Waals surface area contributed by atoms with Crippen molar-refractivity contribution in [3.8, 4) is 5.75 Å². The summed E-state index contributed by atoms with van der Waals surface area (Å²) in [5, 5.41) is 4.18. The van der Waals surface area contributed by atoms with Gasteiger partial charge in [0.25, 0.3) is 0 Å². The van der Waals surface area contributed by atoms with Gasteiger partial charge in [0.15, 0.2) is 0 Å². The molecule has 1 aromatic carbocycles. The first-order valence-corrected chi connectivity index (χ1v) is 5.88. The van der Waals surface area contributed by atoms with Gasteiger partial charge >= 0.3 is 0 Å². The van der Waals surface area contributed by atoms with Gasteiger partial charge in [0.05, 0.1) is 5.52 Å². The third kappa shape index (κ3) is 2.74. The monoisotopic (exact) mass is 230 g/mol. The van der Waals surface area contributed by atoms with Crippen LogP contribution in [0.3, 0.4) is 0 Å². The normalized spacial score (nSPS) is 12.6. The van der Waals surface area contributed by atoms with Gasteiger partial charge in [-0.3, -0.25) is 4.98 Å². The van der Waals surface area contributed by atoms with Crippen LogP contribution in [0.5, 0.6) is 5.75 Å². The van der Waals surface area contributed by atoms with E-state index >= 15 is 0 Å². The van der Waals surface area contributed by atoms with Gasteiger partial charge in [0.1, 0.15) is 11.9 Å². The average Bonchev–Trinajstić information content (AvgIpc) is 2.29. The molecule has 0 fully saturated rings. The van der Waals surface area contributed by atoms with Crippen molar-refractivity contribution in [3.63, 3.8) is 0 Å². The highest BCUT2D eigenvalue weighted by Gasteiger charge is 2.08. The Bertz CT molecular complexity index is 511. The van der Waals surface area contributed by atoms with Crippen LogP contribution in [0.2, 0.25) is 0 Å². The van der Waals surface area contributed by atoms with Crippen LogP contribution >= 0.6 is 0 Å². The van der Waals surface area contributed by atoms with Gasteiger partial charge in [0.2, 0.25) is 0 Å². The minimum absolute atomic E-state index is 0.144. The Hall–Kier alpha value is -1.61. The summed E-state index contributed by atoms with van der Waals surface area (Å²) in [6, 6.07) is 10.1. The number of benzene rings is 1. The molecule has 2 rings (SSSR count). The Balaban J connectivity index is 2.38. The van der Waals surface area contributed by atoms with Gasteiger partial charge in [-0.05, 0) is 33.0 Å². The lowest BCUT2D eigenvalue weighted by atomic mass is 10.2. The lowest BCUT2D eigenvalue weighted by Crippen LogP contribution is -2.26. The van der Waals surface area contributed by atoms with Crippen molar-refractivity contribution < 1.29 is 4.74 Å². The molecule has 0 radical (unpaired) electrons. The number of nitrogens with zero attached hydrogens (tertiary/aromatic N) is 1. The van der Waals surface area contributed by atoms with Crippen LogP contribution in [0.25, 0.3) is 10.9 Å². The van der Waals surface area contributed by atoms with E-state index in [4.69, 9.17) is 4.74 Å². The molecular weight excluding hydrogens is 212 g/mol. The van der Waals surface area contributed by atoms with E-state index < -0.39 is 0 Å². The number of rotatable bonds is 4. The van der Waals surface area contributed by atoms with Crippen LogP contribution in [-0.4, -0.2) is 24.7 Å². The van der Waals surface area contributed by atoms with E-state index in [1.165, 1.54) is 0 Å². The smallest absolute Gasteiger partial charge is 0.130 e. The number of hydrogen-bond acceptors (Lipinski definition) is 3. The molecule has 0 saturated carbocycles. The Morgan fingerprint density at radius 2 is 2.12 bits per heavy atom. The fraction of sp³-hybridized carbons (Fsp3) is 0.357. The zero-order chi connectivity index (χ0) is 12.3. The number of hydrogen-bond donors (Lipinski definition) is 1. The molecule has 1 aromatic heterocycles. The molecule has 1 unspecified atom stereocenters. The van der Waals surface area contributed by atoms with Crippen LogP contribution in [0.15, 0.2) is 30.3 Å². The molecule has 0 spiro atoms. The largest absolute Gasteiger partial charge is 0.489 e. The maximum Gasteiger partial charge on any atom is 0.130 e. The highest BCUT2D eigenvalue weighted by molar-refractivity contribution is 5.85. The molecule has 1 N–H and O–H groups in total. The number of likely N-dealkylation sites (N-methyl/N-ethyl adjacent to an activating group) is 1. The van der Waals surface area contributed by atoms with Gasteiger partial charge in [-0.25, -0.2) is 0 Å². The van der Waals surface area contributed by atoms with Crippen molar-refractivity contribution in [1.29, 1.82) is 0 Å². The van der Waals surface area contributed by atoms with Crippen LogP contribution in [0.4, 0.5) is 0 Å². The summed E-state index contributed by atoms with van der Waals surface area (Å²) in [4.78, 5) is 4.49. The number of ether oxygens (including phenoxy) is 1. The van der Waals surface area contributed by atoms with Crippen molar-refractivity contribution in [1.82, 2.24) is 10.3 Å². The molecule has 0 aliphatic rings. The Kier molecular flexibility index (Phi) is 3.59. The molecule has 3 nitrogen and oxygen atoms in total. The highest BCUT2D eigenvalue weighted by atomic mass is 16.5. The van der Waals surface area contributed by atoms with Crippen molar-refractivity contribution >= 4 is 10.9 Å². The van der Waals surface area contributed by atoms with E-state index in [2.05, 4.69) is 17.2 Å². The van der Waals surface area contributed by atoms with Gasteiger partial charge in [0, 0.05) is 23.7 Å². The molecule has 3 heteroatoms. The molecule has 0 amide bonds. The quantitative estimate of drug-likeness (QED) is 0.876.